The molecule has 0 N–H and O–H groups in total. The fourth-order valence-electron chi connectivity index (χ4n) is 3.05. The smallest absolute Gasteiger partial charge is 0.244 e. The van der Waals surface area contributed by atoms with Crippen molar-refractivity contribution in [2.45, 2.75) is 24.3 Å². The monoisotopic (exact) mass is 457 g/mol. The van der Waals surface area contributed by atoms with Crippen LogP contribution in [0, 0.1) is 5.92 Å². The second kappa shape index (κ2) is 8.16. The van der Waals surface area contributed by atoms with Gasteiger partial charge in [-0.25, -0.2) is 8.42 Å². The Morgan fingerprint density at radius 3 is 2.65 bits per heavy atom. The highest BCUT2D eigenvalue weighted by Crippen LogP contribution is 2.27. The van der Waals surface area contributed by atoms with Gasteiger partial charge in [-0.05, 0) is 53.0 Å². The highest BCUT2D eigenvalue weighted by molar-refractivity contribution is 9.11. The van der Waals surface area contributed by atoms with E-state index in [1.807, 2.05) is 12.1 Å². The first-order valence-corrected chi connectivity index (χ1v) is 11.3. The van der Waals surface area contributed by atoms with E-state index >= 15 is 0 Å². The van der Waals surface area contributed by atoms with Gasteiger partial charge in [-0.3, -0.25) is 9.78 Å². The average molecular weight is 458 g/mol. The van der Waals surface area contributed by atoms with E-state index in [-0.39, 0.29) is 16.7 Å². The Hall–Kier alpha value is -1.29. The number of nitrogens with zero attached hydrogens (tertiary/aromatic N) is 3. The third kappa shape index (κ3) is 4.33. The maximum atomic E-state index is 12.7. The molecule has 2 aromatic heterocycles. The van der Waals surface area contributed by atoms with Crippen LogP contribution in [0.15, 0.2) is 45.3 Å². The molecule has 1 aliphatic heterocycles. The number of amides is 1. The first kappa shape index (κ1) is 19.5. The maximum absolute atomic E-state index is 12.7. The quantitative estimate of drug-likeness (QED) is 0.691. The number of pyridine rings is 1. The van der Waals surface area contributed by atoms with Crippen LogP contribution in [-0.2, 0) is 21.4 Å². The fraction of sp³-hybridized carbons (Fsp3) is 0.412. The molecule has 26 heavy (non-hydrogen) atoms. The lowest BCUT2D eigenvalue weighted by molar-refractivity contribution is -0.135. The fourth-order valence-corrected chi connectivity index (χ4v) is 6.02. The third-order valence-corrected chi connectivity index (χ3v) is 7.96. The summed E-state index contributed by atoms with van der Waals surface area (Å²) >= 11 is 5.04. The molecule has 2 aromatic rings. The molecule has 0 saturated carbocycles. The van der Waals surface area contributed by atoms with Crippen molar-refractivity contribution in [3.05, 3.63) is 45.3 Å². The van der Waals surface area contributed by atoms with E-state index in [0.29, 0.717) is 32.5 Å². The third-order valence-electron chi connectivity index (χ3n) is 4.47. The van der Waals surface area contributed by atoms with Gasteiger partial charge in [0.1, 0.15) is 4.90 Å². The van der Waals surface area contributed by atoms with Gasteiger partial charge in [0.05, 0.1) is 10.3 Å². The van der Waals surface area contributed by atoms with E-state index in [1.165, 1.54) is 10.5 Å². The molecule has 0 aliphatic carbocycles. The van der Waals surface area contributed by atoms with Gasteiger partial charge in [-0.15, -0.1) is 11.3 Å². The zero-order valence-corrected chi connectivity index (χ0v) is 17.6. The van der Waals surface area contributed by atoms with Crippen LogP contribution in [0.5, 0.6) is 0 Å². The summed E-state index contributed by atoms with van der Waals surface area (Å²) in [7, 11) is -1.73. The molecule has 0 atom stereocenters. The van der Waals surface area contributed by atoms with Crippen LogP contribution >= 0.6 is 27.3 Å². The Balaban J connectivity index is 1.58. The van der Waals surface area contributed by atoms with Crippen molar-refractivity contribution in [2.24, 2.45) is 5.92 Å². The van der Waals surface area contributed by atoms with Gasteiger partial charge >= 0.3 is 0 Å². The van der Waals surface area contributed by atoms with Gasteiger partial charge in [-0.1, -0.05) is 0 Å². The Morgan fingerprint density at radius 2 is 2.08 bits per heavy atom. The number of hydrogen-bond acceptors (Lipinski definition) is 5. The second-order valence-electron chi connectivity index (χ2n) is 6.27. The summed E-state index contributed by atoms with van der Waals surface area (Å²) in [6, 6.07) is 7.13. The Morgan fingerprint density at radius 1 is 1.35 bits per heavy atom. The number of sulfonamides is 1. The molecule has 140 valence electrons. The minimum Gasteiger partial charge on any atom is -0.340 e. The first-order valence-electron chi connectivity index (χ1n) is 8.27. The molecule has 0 spiro atoms. The summed E-state index contributed by atoms with van der Waals surface area (Å²) < 4.78 is 27.7. The summed E-state index contributed by atoms with van der Waals surface area (Å²) in [4.78, 5) is 19.6. The minimum absolute atomic E-state index is 0.0768. The number of piperidine rings is 1. The number of hydrogen-bond donors (Lipinski definition) is 0. The summed E-state index contributed by atoms with van der Waals surface area (Å²) in [6.45, 7) is 1.28. The normalized spacial score (nSPS) is 16.5. The topological polar surface area (TPSA) is 70.6 Å². The maximum Gasteiger partial charge on any atom is 0.244 e. The molecule has 1 saturated heterocycles. The summed E-state index contributed by atoms with van der Waals surface area (Å²) in [5.41, 5.74) is 0. The van der Waals surface area contributed by atoms with Crippen molar-refractivity contribution in [3.8, 4) is 0 Å². The van der Waals surface area contributed by atoms with E-state index in [0.717, 1.165) is 8.66 Å². The molecule has 1 aliphatic rings. The van der Waals surface area contributed by atoms with Crippen molar-refractivity contribution in [2.75, 3.05) is 20.1 Å². The van der Waals surface area contributed by atoms with Crippen LogP contribution in [0.2, 0.25) is 0 Å². The number of halogens is 1. The number of thiophene rings is 1. The molecule has 0 aromatic carbocycles. The first-order chi connectivity index (χ1) is 12.4. The molecule has 1 amide bonds. The number of rotatable bonds is 5. The lowest BCUT2D eigenvalue weighted by atomic mass is 9.96. The van der Waals surface area contributed by atoms with Gasteiger partial charge in [-0.2, -0.15) is 4.31 Å². The van der Waals surface area contributed by atoms with Crippen molar-refractivity contribution < 1.29 is 13.2 Å². The predicted molar refractivity (Wildman–Crippen MR) is 104 cm³/mol. The predicted octanol–water partition coefficient (Wildman–Crippen LogP) is 2.96. The Kier molecular flexibility index (Phi) is 6.11. The average Bonchev–Trinajstić information content (AvgIpc) is 3.06. The molecule has 0 radical (unpaired) electrons. The Bertz CT molecular complexity index is 862. The van der Waals surface area contributed by atoms with Gasteiger partial charge in [0.25, 0.3) is 0 Å². The Labute approximate surface area is 166 Å². The standard InChI is InChI=1S/C17H20BrN3O3S2/c1-20(12-14-4-5-16(18)25-14)17(22)13-6-9-21(10-7-13)26(23,24)15-3-2-8-19-11-15/h2-5,8,11,13H,6-7,9-10,12H2,1H3. The van der Waals surface area contributed by atoms with Gasteiger partial charge in [0.2, 0.25) is 15.9 Å². The number of aromatic nitrogens is 1. The lowest BCUT2D eigenvalue weighted by Crippen LogP contribution is -2.43. The summed E-state index contributed by atoms with van der Waals surface area (Å²) in [5, 5.41) is 0. The van der Waals surface area contributed by atoms with Crippen LogP contribution < -0.4 is 0 Å². The van der Waals surface area contributed by atoms with Crippen LogP contribution in [0.4, 0.5) is 0 Å². The molecule has 6 nitrogen and oxygen atoms in total. The van der Waals surface area contributed by atoms with Crippen molar-refractivity contribution >= 4 is 43.2 Å². The van der Waals surface area contributed by atoms with Crippen molar-refractivity contribution in [1.29, 1.82) is 0 Å². The van der Waals surface area contributed by atoms with Gasteiger partial charge in [0, 0.05) is 43.3 Å². The molecular formula is C17H20BrN3O3S2. The number of carbonyl (C=O) groups is 1. The molecule has 3 rings (SSSR count). The van der Waals surface area contributed by atoms with Gasteiger partial charge < -0.3 is 4.90 Å². The van der Waals surface area contributed by atoms with Crippen molar-refractivity contribution in [3.63, 3.8) is 0 Å². The SMILES string of the molecule is CN(Cc1ccc(Br)s1)C(=O)C1CCN(S(=O)(=O)c2cccnc2)CC1. The van der Waals surface area contributed by atoms with E-state index in [9.17, 15) is 13.2 Å². The molecule has 0 unspecified atom stereocenters. The molecule has 1 fully saturated rings. The van der Waals surface area contributed by atoms with Gasteiger partial charge in [0.15, 0.2) is 0 Å². The van der Waals surface area contributed by atoms with E-state index in [4.69, 9.17) is 0 Å². The zero-order valence-electron chi connectivity index (χ0n) is 14.3. The zero-order chi connectivity index (χ0) is 18.7. The summed E-state index contributed by atoms with van der Waals surface area (Å²) in [6.07, 6.45) is 3.99. The van der Waals surface area contributed by atoms with E-state index in [2.05, 4.69) is 20.9 Å². The van der Waals surface area contributed by atoms with E-state index in [1.54, 1.807) is 41.6 Å². The lowest BCUT2D eigenvalue weighted by Gasteiger charge is -2.32. The summed E-state index contributed by atoms with van der Waals surface area (Å²) in [5.74, 6) is -0.0586. The van der Waals surface area contributed by atoms with Crippen molar-refractivity contribution in [1.82, 2.24) is 14.2 Å². The second-order valence-corrected chi connectivity index (χ2v) is 10.8. The molecular weight excluding hydrogens is 438 g/mol. The van der Waals surface area contributed by atoms with Crippen LogP contribution in [0.25, 0.3) is 0 Å². The van der Waals surface area contributed by atoms with Crippen LogP contribution in [0.1, 0.15) is 17.7 Å². The molecule has 3 heterocycles. The largest absolute Gasteiger partial charge is 0.340 e. The minimum atomic E-state index is -3.53. The van der Waals surface area contributed by atoms with Crippen LogP contribution in [0.3, 0.4) is 0 Å². The highest BCUT2D eigenvalue weighted by Gasteiger charge is 2.33. The van der Waals surface area contributed by atoms with Crippen LogP contribution in [-0.4, -0.2) is 48.7 Å². The van der Waals surface area contributed by atoms with E-state index < -0.39 is 10.0 Å². The molecule has 0 bridgehead atoms. The number of carbonyl (C=O) groups excluding carboxylic acids is 1. The molecule has 9 heteroatoms. The highest BCUT2D eigenvalue weighted by atomic mass is 79.9.